The average Bonchev–Trinajstić information content (AvgIpc) is 2.72. The minimum absolute atomic E-state index is 0.285. The SMILES string of the molecule is CSCCC1NC(=O)N(CC(=O)Nc2cccc(Br)c2)C1=O. The maximum atomic E-state index is 12.1. The van der Waals surface area contributed by atoms with Crippen molar-refractivity contribution in [2.75, 3.05) is 23.9 Å². The van der Waals surface area contributed by atoms with Crippen LogP contribution < -0.4 is 10.6 Å². The van der Waals surface area contributed by atoms with Crippen molar-refractivity contribution >= 4 is 51.2 Å². The fraction of sp³-hybridized carbons (Fsp3) is 0.357. The topological polar surface area (TPSA) is 78.5 Å². The number of amides is 4. The Hall–Kier alpha value is -1.54. The molecular formula is C14H16BrN3O3S. The first-order valence-corrected chi connectivity index (χ1v) is 8.86. The fourth-order valence-electron chi connectivity index (χ4n) is 2.07. The van der Waals surface area contributed by atoms with Crippen LogP contribution in [0.5, 0.6) is 0 Å². The molecule has 22 heavy (non-hydrogen) atoms. The van der Waals surface area contributed by atoms with Crippen molar-refractivity contribution in [3.63, 3.8) is 0 Å². The molecule has 1 atom stereocenters. The van der Waals surface area contributed by atoms with Crippen molar-refractivity contribution in [1.29, 1.82) is 0 Å². The minimum atomic E-state index is -0.529. The molecule has 118 valence electrons. The number of hydrogen-bond acceptors (Lipinski definition) is 4. The summed E-state index contributed by atoms with van der Waals surface area (Å²) < 4.78 is 0.831. The molecule has 8 heteroatoms. The van der Waals surface area contributed by atoms with Crippen LogP contribution >= 0.6 is 27.7 Å². The molecule has 1 unspecified atom stereocenters. The third-order valence-electron chi connectivity index (χ3n) is 3.13. The molecule has 2 rings (SSSR count). The number of carbonyl (C=O) groups is 3. The zero-order chi connectivity index (χ0) is 16.1. The van der Waals surface area contributed by atoms with Crippen molar-refractivity contribution in [2.45, 2.75) is 12.5 Å². The van der Waals surface area contributed by atoms with E-state index in [2.05, 4.69) is 26.6 Å². The highest BCUT2D eigenvalue weighted by atomic mass is 79.9. The number of benzene rings is 1. The van der Waals surface area contributed by atoms with Gasteiger partial charge < -0.3 is 10.6 Å². The average molecular weight is 386 g/mol. The number of nitrogens with zero attached hydrogens (tertiary/aromatic N) is 1. The van der Waals surface area contributed by atoms with Gasteiger partial charge in [0.05, 0.1) is 0 Å². The second-order valence-electron chi connectivity index (χ2n) is 4.77. The first-order chi connectivity index (χ1) is 10.5. The molecular weight excluding hydrogens is 370 g/mol. The number of urea groups is 1. The number of imide groups is 1. The van der Waals surface area contributed by atoms with Gasteiger partial charge in [0.2, 0.25) is 5.91 Å². The van der Waals surface area contributed by atoms with E-state index in [0.717, 1.165) is 15.1 Å². The predicted octanol–water partition coefficient (Wildman–Crippen LogP) is 2.06. The summed E-state index contributed by atoms with van der Waals surface area (Å²) in [5.41, 5.74) is 0.602. The highest BCUT2D eigenvalue weighted by Gasteiger charge is 2.38. The van der Waals surface area contributed by atoms with E-state index in [1.54, 1.807) is 30.0 Å². The molecule has 0 spiro atoms. The standard InChI is InChI=1S/C14H16BrN3O3S/c1-22-6-5-11-13(20)18(14(21)17-11)8-12(19)16-10-4-2-3-9(15)7-10/h2-4,7,11H,5-6,8H2,1H3,(H,16,19)(H,17,21). The van der Waals surface area contributed by atoms with Crippen LogP contribution in [0.15, 0.2) is 28.7 Å². The molecule has 0 radical (unpaired) electrons. The van der Waals surface area contributed by atoms with Crippen LogP contribution in [0, 0.1) is 0 Å². The van der Waals surface area contributed by atoms with Gasteiger partial charge in [0.25, 0.3) is 5.91 Å². The van der Waals surface area contributed by atoms with Crippen molar-refractivity contribution in [2.24, 2.45) is 0 Å². The van der Waals surface area contributed by atoms with Gasteiger partial charge in [0.1, 0.15) is 12.6 Å². The summed E-state index contributed by atoms with van der Waals surface area (Å²) in [6, 6.07) is 6.05. The molecule has 0 aromatic heterocycles. The molecule has 6 nitrogen and oxygen atoms in total. The van der Waals surface area contributed by atoms with E-state index < -0.39 is 18.0 Å². The summed E-state index contributed by atoms with van der Waals surface area (Å²) in [4.78, 5) is 36.9. The largest absolute Gasteiger partial charge is 0.326 e. The number of thioether (sulfide) groups is 1. The van der Waals surface area contributed by atoms with E-state index in [0.29, 0.717) is 12.1 Å². The summed E-state index contributed by atoms with van der Waals surface area (Å²) in [5, 5.41) is 5.27. The van der Waals surface area contributed by atoms with Gasteiger partial charge in [-0.25, -0.2) is 4.79 Å². The summed E-state index contributed by atoms with van der Waals surface area (Å²) >= 11 is 4.91. The van der Waals surface area contributed by atoms with Gasteiger partial charge in [-0.1, -0.05) is 22.0 Å². The van der Waals surface area contributed by atoms with Crippen molar-refractivity contribution < 1.29 is 14.4 Å². The first kappa shape index (κ1) is 16.8. The Morgan fingerprint density at radius 3 is 2.91 bits per heavy atom. The highest BCUT2D eigenvalue weighted by molar-refractivity contribution is 9.10. The van der Waals surface area contributed by atoms with Gasteiger partial charge in [-0.3, -0.25) is 14.5 Å². The molecule has 4 amide bonds. The maximum Gasteiger partial charge on any atom is 0.325 e. The van der Waals surface area contributed by atoms with Crippen LogP contribution in [0.4, 0.5) is 10.5 Å². The molecule has 1 heterocycles. The number of nitrogens with one attached hydrogen (secondary N) is 2. The van der Waals surface area contributed by atoms with Crippen molar-refractivity contribution in [1.82, 2.24) is 10.2 Å². The van der Waals surface area contributed by atoms with Gasteiger partial charge in [0.15, 0.2) is 0 Å². The minimum Gasteiger partial charge on any atom is -0.326 e. The molecule has 1 aromatic rings. The normalized spacial score (nSPS) is 17.5. The van der Waals surface area contributed by atoms with E-state index in [9.17, 15) is 14.4 Å². The highest BCUT2D eigenvalue weighted by Crippen LogP contribution is 2.16. The zero-order valence-electron chi connectivity index (χ0n) is 12.0. The summed E-state index contributed by atoms with van der Waals surface area (Å²) in [7, 11) is 0. The number of carbonyl (C=O) groups excluding carboxylic acids is 3. The smallest absolute Gasteiger partial charge is 0.325 e. The molecule has 0 bridgehead atoms. The Morgan fingerprint density at radius 2 is 2.23 bits per heavy atom. The number of rotatable bonds is 6. The van der Waals surface area contributed by atoms with Gasteiger partial charge in [-0.05, 0) is 36.6 Å². The van der Waals surface area contributed by atoms with Crippen LogP contribution in [-0.4, -0.2) is 47.3 Å². The number of hydrogen-bond donors (Lipinski definition) is 2. The Kier molecular flexibility index (Phi) is 5.84. The molecule has 2 N–H and O–H groups in total. The van der Waals surface area contributed by atoms with Gasteiger partial charge >= 0.3 is 6.03 Å². The second kappa shape index (κ2) is 7.64. The van der Waals surface area contributed by atoms with Crippen molar-refractivity contribution in [3.8, 4) is 0 Å². The lowest BCUT2D eigenvalue weighted by Gasteiger charge is -2.13. The van der Waals surface area contributed by atoms with Gasteiger partial charge in [-0.15, -0.1) is 0 Å². The Labute approximate surface area is 141 Å². The quantitative estimate of drug-likeness (QED) is 0.734. The third-order valence-corrected chi connectivity index (χ3v) is 4.26. The number of halogens is 1. The summed E-state index contributed by atoms with van der Waals surface area (Å²) in [5.74, 6) is 0.0185. The molecule has 1 saturated heterocycles. The predicted molar refractivity (Wildman–Crippen MR) is 89.8 cm³/mol. The van der Waals surface area contributed by atoms with Crippen LogP contribution in [0.1, 0.15) is 6.42 Å². The van der Waals surface area contributed by atoms with E-state index in [1.165, 1.54) is 0 Å². The van der Waals surface area contributed by atoms with Crippen molar-refractivity contribution in [3.05, 3.63) is 28.7 Å². The lowest BCUT2D eigenvalue weighted by molar-refractivity contribution is -0.130. The van der Waals surface area contributed by atoms with E-state index in [1.807, 2.05) is 12.3 Å². The van der Waals surface area contributed by atoms with E-state index in [4.69, 9.17) is 0 Å². The van der Waals surface area contributed by atoms with Gasteiger partial charge in [0, 0.05) is 10.2 Å². The lowest BCUT2D eigenvalue weighted by atomic mass is 10.2. The number of anilines is 1. The molecule has 1 aromatic carbocycles. The third kappa shape index (κ3) is 4.23. The Bertz CT molecular complexity index is 596. The second-order valence-corrected chi connectivity index (χ2v) is 6.67. The lowest BCUT2D eigenvalue weighted by Crippen LogP contribution is -2.38. The maximum absolute atomic E-state index is 12.1. The van der Waals surface area contributed by atoms with Crippen LogP contribution in [-0.2, 0) is 9.59 Å². The summed E-state index contributed by atoms with van der Waals surface area (Å²) in [6.07, 6.45) is 2.50. The molecule has 0 aliphatic carbocycles. The zero-order valence-corrected chi connectivity index (χ0v) is 14.4. The molecule has 1 fully saturated rings. The Morgan fingerprint density at radius 1 is 1.45 bits per heavy atom. The summed E-state index contributed by atoms with van der Waals surface area (Å²) in [6.45, 7) is -0.285. The van der Waals surface area contributed by atoms with Crippen LogP contribution in [0.25, 0.3) is 0 Å². The monoisotopic (exact) mass is 385 g/mol. The fourth-order valence-corrected chi connectivity index (χ4v) is 2.94. The van der Waals surface area contributed by atoms with E-state index >= 15 is 0 Å². The Balaban J connectivity index is 1.93. The molecule has 0 saturated carbocycles. The molecule has 1 aliphatic rings. The van der Waals surface area contributed by atoms with Gasteiger partial charge in [-0.2, -0.15) is 11.8 Å². The van der Waals surface area contributed by atoms with E-state index in [-0.39, 0.29) is 12.5 Å². The van der Waals surface area contributed by atoms with Crippen LogP contribution in [0.3, 0.4) is 0 Å². The van der Waals surface area contributed by atoms with Crippen LogP contribution in [0.2, 0.25) is 0 Å². The first-order valence-electron chi connectivity index (χ1n) is 6.67. The molecule has 1 aliphatic heterocycles.